The monoisotopic (exact) mass is 394 g/mol. The van der Waals surface area contributed by atoms with Crippen molar-refractivity contribution in [3.63, 3.8) is 0 Å². The van der Waals surface area contributed by atoms with Crippen molar-refractivity contribution < 1.29 is 18.8 Å². The van der Waals surface area contributed by atoms with Crippen LogP contribution in [0.1, 0.15) is 22.7 Å². The molecular weight excluding hydrogens is 378 g/mol. The number of hydrogen-bond donors (Lipinski definition) is 1. The number of rotatable bonds is 3. The summed E-state index contributed by atoms with van der Waals surface area (Å²) in [6.07, 6.45) is 6.10. The summed E-state index contributed by atoms with van der Waals surface area (Å²) in [6.45, 7) is 0.385. The van der Waals surface area contributed by atoms with E-state index in [9.17, 15) is 18.8 Å². The highest BCUT2D eigenvalue weighted by Gasteiger charge is 2.45. The van der Waals surface area contributed by atoms with Crippen molar-refractivity contribution >= 4 is 5.78 Å². The number of benzene rings is 1. The number of nitriles is 1. The van der Waals surface area contributed by atoms with Gasteiger partial charge >= 0.3 is 0 Å². The third-order valence-corrected chi connectivity index (χ3v) is 5.06. The molecule has 0 amide bonds. The molecule has 146 valence electrons. The zero-order chi connectivity index (χ0) is 20.5. The highest BCUT2D eigenvalue weighted by atomic mass is 19.1. The number of ketones is 1. The van der Waals surface area contributed by atoms with Crippen LogP contribution in [0.2, 0.25) is 0 Å². The predicted octanol–water partition coefficient (Wildman–Crippen LogP) is 2.87. The molecule has 29 heavy (non-hydrogen) atoms. The molecule has 1 fully saturated rings. The fraction of sp³-hybridized carbons (Fsp3) is 0.190. The first-order valence-corrected chi connectivity index (χ1v) is 8.94. The molecule has 1 aromatic heterocycles. The largest absolute Gasteiger partial charge is 0.347 e. The van der Waals surface area contributed by atoms with E-state index in [1.54, 1.807) is 23.1 Å². The Morgan fingerprint density at radius 2 is 2.10 bits per heavy atom. The number of hydroxylamine groups is 2. The molecule has 1 aromatic carbocycles. The fourth-order valence-corrected chi connectivity index (χ4v) is 3.65. The van der Waals surface area contributed by atoms with Gasteiger partial charge in [-0.3, -0.25) is 4.79 Å². The van der Waals surface area contributed by atoms with Gasteiger partial charge in [0.25, 0.3) is 0 Å². The molecule has 2 unspecified atom stereocenters. The van der Waals surface area contributed by atoms with Crippen molar-refractivity contribution in [2.24, 2.45) is 0 Å². The zero-order valence-electron chi connectivity index (χ0n) is 15.2. The first-order chi connectivity index (χ1) is 14.0. The van der Waals surface area contributed by atoms with Crippen molar-refractivity contribution in [2.45, 2.75) is 18.6 Å². The second kappa shape index (κ2) is 7.54. The molecule has 0 radical (unpaired) electrons. The quantitative estimate of drug-likeness (QED) is 0.807. The highest BCUT2D eigenvalue weighted by molar-refractivity contribution is 6.00. The smallest absolute Gasteiger partial charge is 0.212 e. The van der Waals surface area contributed by atoms with Gasteiger partial charge < -0.3 is 10.1 Å². The van der Waals surface area contributed by atoms with Gasteiger partial charge in [-0.15, -0.1) is 0 Å². The number of carbonyl (C=O) groups excluding carboxylic acids is 1. The molecule has 1 N–H and O–H groups in total. The minimum atomic E-state index is -1.27. The summed E-state index contributed by atoms with van der Waals surface area (Å²) in [5.74, 6) is -1.81. The molecule has 2 atom stereocenters. The highest BCUT2D eigenvalue weighted by Crippen LogP contribution is 2.37. The molecule has 0 aliphatic carbocycles. The Hall–Kier alpha value is -3.41. The van der Waals surface area contributed by atoms with E-state index in [0.717, 1.165) is 11.1 Å². The third kappa shape index (κ3) is 3.42. The van der Waals surface area contributed by atoms with Gasteiger partial charge in [0, 0.05) is 24.7 Å². The van der Waals surface area contributed by atoms with Crippen molar-refractivity contribution in [1.82, 2.24) is 14.9 Å². The molecule has 6 nitrogen and oxygen atoms in total. The number of fused-ring (bicyclic) bond motifs is 1. The van der Waals surface area contributed by atoms with Crippen molar-refractivity contribution in [1.29, 1.82) is 5.26 Å². The van der Waals surface area contributed by atoms with Gasteiger partial charge in [0.2, 0.25) is 11.7 Å². The van der Waals surface area contributed by atoms with E-state index in [4.69, 9.17) is 5.26 Å². The van der Waals surface area contributed by atoms with Crippen LogP contribution >= 0.6 is 0 Å². The Bertz CT molecular complexity index is 1060. The topological polar surface area (TPSA) is 80.5 Å². The van der Waals surface area contributed by atoms with Crippen LogP contribution in [-0.2, 0) is 11.2 Å². The molecule has 0 bridgehead atoms. The number of nitrogens with zero attached hydrogens (tertiary/aromatic N) is 4. The van der Waals surface area contributed by atoms with Crippen LogP contribution in [0, 0.1) is 23.1 Å². The number of Topliss-reactive ketones (excluding diaryl/α,β-unsaturated/α-hetero) is 1. The summed E-state index contributed by atoms with van der Waals surface area (Å²) in [5.41, 5.74) is 1.10. The van der Waals surface area contributed by atoms with Gasteiger partial charge in [-0.25, -0.2) is 9.37 Å². The normalized spacial score (nSPS) is 21.5. The van der Waals surface area contributed by atoms with E-state index in [0.29, 0.717) is 17.8 Å². The van der Waals surface area contributed by atoms with Crippen molar-refractivity contribution in [2.75, 3.05) is 6.54 Å². The second-order valence-electron chi connectivity index (χ2n) is 6.80. The Morgan fingerprint density at radius 3 is 2.79 bits per heavy atom. The van der Waals surface area contributed by atoms with E-state index >= 15 is 0 Å². The molecule has 0 saturated carbocycles. The average molecular weight is 394 g/mol. The maximum atomic E-state index is 14.7. The summed E-state index contributed by atoms with van der Waals surface area (Å²) < 4.78 is 27.8. The maximum Gasteiger partial charge on any atom is 0.212 e. The Morgan fingerprint density at radius 1 is 1.28 bits per heavy atom. The lowest BCUT2D eigenvalue weighted by Gasteiger charge is -2.47. The van der Waals surface area contributed by atoms with E-state index < -0.39 is 29.8 Å². The number of pyridine rings is 1. The van der Waals surface area contributed by atoms with Gasteiger partial charge in [0.05, 0.1) is 17.3 Å². The zero-order valence-corrected chi connectivity index (χ0v) is 15.2. The number of halogens is 2. The average Bonchev–Trinajstić information content (AvgIpc) is 2.73. The number of allylic oxidation sites excluding steroid dienone is 2. The van der Waals surface area contributed by atoms with Crippen LogP contribution in [0.15, 0.2) is 60.5 Å². The van der Waals surface area contributed by atoms with Crippen LogP contribution in [0.25, 0.3) is 0 Å². The minimum absolute atomic E-state index is 0.0196. The fourth-order valence-electron chi connectivity index (χ4n) is 3.65. The maximum absolute atomic E-state index is 14.7. The van der Waals surface area contributed by atoms with E-state index in [-0.39, 0.29) is 17.5 Å². The number of aromatic nitrogens is 1. The van der Waals surface area contributed by atoms with Gasteiger partial charge in [0.15, 0.2) is 0 Å². The first kappa shape index (κ1) is 18.9. The van der Waals surface area contributed by atoms with Gasteiger partial charge in [-0.1, -0.05) is 24.3 Å². The van der Waals surface area contributed by atoms with Crippen molar-refractivity contribution in [3.8, 4) is 6.07 Å². The lowest BCUT2D eigenvalue weighted by molar-refractivity contribution is -0.209. The molecule has 8 heteroatoms. The Balaban J connectivity index is 1.75. The minimum Gasteiger partial charge on any atom is -0.347 e. The molecule has 2 aliphatic rings. The van der Waals surface area contributed by atoms with E-state index in [1.807, 2.05) is 12.1 Å². The number of carbonyl (C=O) groups is 1. The summed E-state index contributed by atoms with van der Waals surface area (Å²) in [4.78, 5) is 18.4. The van der Waals surface area contributed by atoms with Gasteiger partial charge in [-0.05, 0) is 29.8 Å². The molecule has 1 saturated heterocycles. The van der Waals surface area contributed by atoms with Crippen LogP contribution in [-0.4, -0.2) is 38.6 Å². The SMILES string of the molecule is N#Cc1ccc(C2C(=O)C3=CC=CCN3C(Cc3ccc(F)nc3)N2O)c(F)c1. The van der Waals surface area contributed by atoms with Crippen LogP contribution in [0.5, 0.6) is 0 Å². The van der Waals surface area contributed by atoms with E-state index in [1.165, 1.54) is 24.4 Å². The molecule has 2 aliphatic heterocycles. The molecule has 2 aromatic rings. The molecular formula is C21H16F2N4O2. The summed E-state index contributed by atoms with van der Waals surface area (Å²) in [5, 5.41) is 20.7. The van der Waals surface area contributed by atoms with Crippen LogP contribution < -0.4 is 0 Å². The first-order valence-electron chi connectivity index (χ1n) is 8.94. The summed E-state index contributed by atoms with van der Waals surface area (Å²) in [7, 11) is 0. The van der Waals surface area contributed by atoms with Crippen molar-refractivity contribution in [3.05, 3.63) is 88.9 Å². The summed E-state index contributed by atoms with van der Waals surface area (Å²) >= 11 is 0. The molecule has 3 heterocycles. The van der Waals surface area contributed by atoms with E-state index in [2.05, 4.69) is 4.98 Å². The predicted molar refractivity (Wildman–Crippen MR) is 98.1 cm³/mol. The van der Waals surface area contributed by atoms with Gasteiger partial charge in [0.1, 0.15) is 18.0 Å². The lowest BCUT2D eigenvalue weighted by Crippen LogP contribution is -2.57. The second-order valence-corrected chi connectivity index (χ2v) is 6.80. The van der Waals surface area contributed by atoms with Gasteiger partial charge in [-0.2, -0.15) is 14.7 Å². The molecule has 0 spiro atoms. The van der Waals surface area contributed by atoms with Crippen LogP contribution in [0.3, 0.4) is 0 Å². The number of hydrogen-bond acceptors (Lipinski definition) is 6. The third-order valence-electron chi connectivity index (χ3n) is 5.06. The Kier molecular flexibility index (Phi) is 4.92. The Labute approximate surface area is 165 Å². The lowest BCUT2D eigenvalue weighted by atomic mass is 9.92. The summed E-state index contributed by atoms with van der Waals surface area (Å²) in [6, 6.07) is 7.12. The van der Waals surface area contributed by atoms with Crippen LogP contribution in [0.4, 0.5) is 8.78 Å². The standard InChI is InChI=1S/C21H16F2N4O2/c22-16-9-13(11-24)4-6-15(16)20-21(28)17-3-1-2-8-26(17)19(27(20)29)10-14-5-7-18(23)25-12-14/h1-7,9,12,19-20,29H,8,10H2. The molecule has 4 rings (SSSR count).